The molecule has 0 fully saturated rings. The van der Waals surface area contributed by atoms with E-state index in [1.54, 1.807) is 0 Å². The Balaban J connectivity index is 1.63. The molecule has 0 aliphatic rings. The molecule has 0 unspecified atom stereocenters. The highest BCUT2D eigenvalue weighted by Gasteiger charge is 2.08. The maximum absolute atomic E-state index is 12.5. The minimum Gasteiger partial charge on any atom is -0.338 e. The lowest BCUT2D eigenvalue weighted by molar-refractivity contribution is 0.247. The molecule has 2 aromatic rings. The molecule has 2 rings (SSSR count). The van der Waals surface area contributed by atoms with Crippen molar-refractivity contribution in [2.45, 2.75) is 163 Å². The average Bonchev–Trinajstić information content (AvgIpc) is 3.19. The van der Waals surface area contributed by atoms with Crippen LogP contribution < -0.4 is 21.3 Å². The van der Waals surface area contributed by atoms with Crippen LogP contribution in [-0.2, 0) is 6.42 Å². The molecule has 0 saturated heterocycles. The fraction of sp³-hybridized carbons (Fsp3) is 0.702. The van der Waals surface area contributed by atoms with E-state index in [2.05, 4.69) is 83.0 Å². The van der Waals surface area contributed by atoms with E-state index in [0.29, 0.717) is 13.1 Å². The summed E-state index contributed by atoms with van der Waals surface area (Å²) in [5, 5.41) is 12.0. The second-order valence-electron chi connectivity index (χ2n) is 15.7. The predicted molar refractivity (Wildman–Crippen MR) is 238 cm³/mol. The maximum atomic E-state index is 12.5. The summed E-state index contributed by atoms with van der Waals surface area (Å²) in [6.07, 6.45) is 25.9. The number of unbranched alkanes of at least 4 members (excludes halogenated alkanes) is 14. The minimum absolute atomic E-state index is 0.149. The molecule has 4 amide bonds. The van der Waals surface area contributed by atoms with E-state index in [0.717, 1.165) is 56.6 Å². The van der Waals surface area contributed by atoms with Crippen LogP contribution in [0.4, 0.5) is 21.0 Å². The van der Waals surface area contributed by atoms with Gasteiger partial charge in [0.2, 0.25) is 0 Å². The van der Waals surface area contributed by atoms with Gasteiger partial charge in [0.15, 0.2) is 0 Å². The summed E-state index contributed by atoms with van der Waals surface area (Å²) in [5.74, 6) is 0. The van der Waals surface area contributed by atoms with Crippen LogP contribution in [0.2, 0.25) is 0 Å². The lowest BCUT2D eigenvalue weighted by Crippen LogP contribution is -2.31. The first-order valence-electron chi connectivity index (χ1n) is 22.7. The predicted octanol–water partition coefficient (Wildman–Crippen LogP) is 12.0. The Morgan fingerprint density at radius 1 is 0.400 bits per heavy atom. The number of anilines is 2. The maximum Gasteiger partial charge on any atom is 0.319 e. The smallest absolute Gasteiger partial charge is 0.319 e. The van der Waals surface area contributed by atoms with Crippen LogP contribution in [0.1, 0.15) is 167 Å². The zero-order chi connectivity index (χ0) is 39.6. The van der Waals surface area contributed by atoms with Crippen molar-refractivity contribution in [1.29, 1.82) is 0 Å². The van der Waals surface area contributed by atoms with Crippen LogP contribution in [0.15, 0.2) is 48.5 Å². The van der Waals surface area contributed by atoms with Gasteiger partial charge in [0.1, 0.15) is 0 Å². The van der Waals surface area contributed by atoms with Gasteiger partial charge >= 0.3 is 12.1 Å². The molecule has 2 aromatic carbocycles. The summed E-state index contributed by atoms with van der Waals surface area (Å²) in [6, 6.07) is 15.8. The van der Waals surface area contributed by atoms with Crippen molar-refractivity contribution in [3.8, 4) is 0 Å². The third-order valence-corrected chi connectivity index (χ3v) is 10.5. The van der Waals surface area contributed by atoms with Gasteiger partial charge in [0.25, 0.3) is 0 Å². The normalized spacial score (nSPS) is 11.3. The Bertz CT molecular complexity index is 1090. The van der Waals surface area contributed by atoms with Crippen LogP contribution in [0.25, 0.3) is 0 Å². The number of hydrogen-bond acceptors (Lipinski definition) is 4. The van der Waals surface area contributed by atoms with Crippen molar-refractivity contribution < 1.29 is 9.59 Å². The third-order valence-electron chi connectivity index (χ3n) is 10.5. The van der Waals surface area contributed by atoms with E-state index in [1.807, 2.05) is 24.3 Å². The molecule has 4 N–H and O–H groups in total. The zero-order valence-corrected chi connectivity index (χ0v) is 35.8. The lowest BCUT2D eigenvalue weighted by atomic mass is 10.0. The van der Waals surface area contributed by atoms with Gasteiger partial charge in [-0.2, -0.15) is 0 Å². The Morgan fingerprint density at radius 3 is 0.982 bits per heavy atom. The van der Waals surface area contributed by atoms with Crippen molar-refractivity contribution >= 4 is 23.4 Å². The number of amides is 4. The highest BCUT2D eigenvalue weighted by molar-refractivity contribution is 5.89. The average molecular weight is 763 g/mol. The van der Waals surface area contributed by atoms with Crippen molar-refractivity contribution in [2.24, 2.45) is 0 Å². The number of nitrogens with one attached hydrogen (secondary N) is 4. The fourth-order valence-corrected chi connectivity index (χ4v) is 7.04. The molecule has 0 aromatic heterocycles. The van der Waals surface area contributed by atoms with Crippen LogP contribution in [-0.4, -0.2) is 74.2 Å². The summed E-state index contributed by atoms with van der Waals surface area (Å²) >= 11 is 0. The Morgan fingerprint density at radius 2 is 0.691 bits per heavy atom. The molecule has 0 radical (unpaired) electrons. The monoisotopic (exact) mass is 763 g/mol. The number of nitrogens with zero attached hydrogens (tertiary/aromatic N) is 2. The first-order valence-corrected chi connectivity index (χ1v) is 22.7. The first kappa shape index (κ1) is 48.0. The molecule has 55 heavy (non-hydrogen) atoms. The van der Waals surface area contributed by atoms with E-state index >= 15 is 0 Å². The van der Waals surface area contributed by atoms with Gasteiger partial charge in [0, 0.05) is 24.5 Å². The van der Waals surface area contributed by atoms with Gasteiger partial charge in [-0.05, 0) is 132 Å². The fourth-order valence-electron chi connectivity index (χ4n) is 7.04. The second kappa shape index (κ2) is 33.1. The molecule has 8 heteroatoms. The zero-order valence-electron chi connectivity index (χ0n) is 35.8. The van der Waals surface area contributed by atoms with Gasteiger partial charge in [0.05, 0.1) is 0 Å². The van der Waals surface area contributed by atoms with Crippen LogP contribution in [0, 0.1) is 0 Å². The molecule has 0 aliphatic carbocycles. The number of rotatable bonds is 34. The molecule has 0 saturated carbocycles. The van der Waals surface area contributed by atoms with E-state index < -0.39 is 0 Å². The van der Waals surface area contributed by atoms with E-state index in [4.69, 9.17) is 0 Å². The Kier molecular flexibility index (Phi) is 28.9. The van der Waals surface area contributed by atoms with Crippen molar-refractivity contribution in [2.75, 3.05) is 63.0 Å². The highest BCUT2D eigenvalue weighted by Crippen LogP contribution is 2.16. The molecule has 0 heterocycles. The van der Waals surface area contributed by atoms with Crippen LogP contribution in [0.5, 0.6) is 0 Å². The summed E-state index contributed by atoms with van der Waals surface area (Å²) in [7, 11) is 0. The number of carbonyl (C=O) groups is 2. The van der Waals surface area contributed by atoms with Crippen molar-refractivity contribution in [1.82, 2.24) is 20.4 Å². The second-order valence-corrected chi connectivity index (χ2v) is 15.7. The third kappa shape index (κ3) is 25.6. The van der Waals surface area contributed by atoms with E-state index in [9.17, 15) is 9.59 Å². The number of hydrogen-bond donors (Lipinski definition) is 4. The minimum atomic E-state index is -0.149. The summed E-state index contributed by atoms with van der Waals surface area (Å²) in [6.45, 7) is 17.5. The van der Waals surface area contributed by atoms with Crippen LogP contribution >= 0.6 is 0 Å². The van der Waals surface area contributed by atoms with Gasteiger partial charge in [-0.15, -0.1) is 0 Å². The largest absolute Gasteiger partial charge is 0.338 e. The molecule has 8 nitrogen and oxygen atoms in total. The summed E-state index contributed by atoms with van der Waals surface area (Å²) in [5.41, 5.74) is 3.91. The quantitative estimate of drug-likeness (QED) is 0.0535. The molecular formula is C47H82N6O2. The first-order chi connectivity index (χ1) is 27.0. The lowest BCUT2D eigenvalue weighted by Gasteiger charge is -2.22. The number of carbonyl (C=O) groups excluding carboxylic acids is 2. The van der Waals surface area contributed by atoms with Gasteiger partial charge in [-0.3, -0.25) is 0 Å². The van der Waals surface area contributed by atoms with Gasteiger partial charge < -0.3 is 31.1 Å². The number of urea groups is 2. The standard InChI is InChI=1S/C47H82N6O2/c1-5-9-13-19-35-52(36-20-14-10-6-2)39-23-17-33-48-46(54)50-44-29-25-42(26-30-44)41-43-27-31-45(32-28-43)51-47(55)49-34-18-24-40-53(37-21-15-11-7-3)38-22-16-12-8-4/h25-32H,5-24,33-41H2,1-4H3,(H2,48,50,54)(H2,49,51,55). The van der Waals surface area contributed by atoms with Gasteiger partial charge in [-0.1, -0.05) is 129 Å². The topological polar surface area (TPSA) is 88.7 Å². The van der Waals surface area contributed by atoms with Crippen molar-refractivity contribution in [3.63, 3.8) is 0 Å². The van der Waals surface area contributed by atoms with Crippen molar-refractivity contribution in [3.05, 3.63) is 59.7 Å². The molecule has 0 bridgehead atoms. The SMILES string of the molecule is CCCCCCN(CCCCCC)CCCCNC(=O)Nc1ccc(Cc2ccc(NC(=O)NCCCCN(CCCCCC)CCCCCC)cc2)cc1. The Hall–Kier alpha value is -3.10. The molecule has 312 valence electrons. The molecular weight excluding hydrogens is 681 g/mol. The van der Waals surface area contributed by atoms with E-state index in [-0.39, 0.29) is 12.1 Å². The Labute approximate surface area is 337 Å². The number of benzene rings is 2. The summed E-state index contributed by atoms with van der Waals surface area (Å²) < 4.78 is 0. The molecule has 0 atom stereocenters. The molecule has 0 aliphatic heterocycles. The highest BCUT2D eigenvalue weighted by atomic mass is 16.2. The molecule has 0 spiro atoms. The van der Waals surface area contributed by atoms with Crippen LogP contribution in [0.3, 0.4) is 0 Å². The summed E-state index contributed by atoms with van der Waals surface area (Å²) in [4.78, 5) is 30.4. The van der Waals surface area contributed by atoms with Gasteiger partial charge in [-0.25, -0.2) is 9.59 Å². The van der Waals surface area contributed by atoms with E-state index in [1.165, 1.54) is 140 Å².